The first-order chi connectivity index (χ1) is 37.0. The van der Waals surface area contributed by atoms with E-state index in [2.05, 4.69) is 45.1 Å². The van der Waals surface area contributed by atoms with Gasteiger partial charge in [0.2, 0.25) is 0 Å². The number of carbonyl (C=O) groups is 3. The zero-order chi connectivity index (χ0) is 54.3. The molecule has 0 saturated heterocycles. The summed E-state index contributed by atoms with van der Waals surface area (Å²) in [6, 6.07) is 0. The number of hydrogen-bond donors (Lipinski definition) is 0. The molecule has 0 aliphatic carbocycles. The van der Waals surface area contributed by atoms with E-state index >= 15 is 0 Å². The van der Waals surface area contributed by atoms with Crippen LogP contribution in [0.5, 0.6) is 0 Å². The monoisotopic (exact) mass is 1050 g/mol. The lowest BCUT2D eigenvalue weighted by Gasteiger charge is -2.18. The van der Waals surface area contributed by atoms with Crippen LogP contribution in [0.4, 0.5) is 0 Å². The summed E-state index contributed by atoms with van der Waals surface area (Å²) >= 11 is 0. The predicted molar refractivity (Wildman–Crippen MR) is 326 cm³/mol. The maximum absolute atomic E-state index is 12.9. The van der Waals surface area contributed by atoms with Crippen LogP contribution in [-0.4, -0.2) is 37.2 Å². The van der Waals surface area contributed by atoms with Gasteiger partial charge in [0.15, 0.2) is 6.10 Å². The lowest BCUT2D eigenvalue weighted by molar-refractivity contribution is -0.167. The van der Waals surface area contributed by atoms with E-state index in [0.29, 0.717) is 19.3 Å². The molecular formula is C69H130O6. The fourth-order valence-electron chi connectivity index (χ4n) is 10.4. The molecule has 1 unspecified atom stereocenters. The van der Waals surface area contributed by atoms with Crippen molar-refractivity contribution >= 4 is 17.9 Å². The highest BCUT2D eigenvalue weighted by atomic mass is 16.6. The molecule has 0 rings (SSSR count). The lowest BCUT2D eigenvalue weighted by atomic mass is 10.0. The Balaban J connectivity index is 4.15. The van der Waals surface area contributed by atoms with Crippen LogP contribution in [0.1, 0.15) is 380 Å². The maximum atomic E-state index is 12.9. The number of carbonyl (C=O) groups excluding carboxylic acids is 3. The second-order valence-corrected chi connectivity index (χ2v) is 23.1. The van der Waals surface area contributed by atoms with Crippen LogP contribution in [0.15, 0.2) is 24.3 Å². The van der Waals surface area contributed by atoms with Gasteiger partial charge in [0.05, 0.1) is 0 Å². The highest BCUT2D eigenvalue weighted by Gasteiger charge is 2.19. The summed E-state index contributed by atoms with van der Waals surface area (Å²) in [6.07, 6.45) is 77.8. The Hall–Kier alpha value is -2.11. The molecule has 0 aromatic heterocycles. The number of rotatable bonds is 63. The molecule has 0 amide bonds. The van der Waals surface area contributed by atoms with E-state index < -0.39 is 6.10 Å². The van der Waals surface area contributed by atoms with Crippen LogP contribution in [-0.2, 0) is 28.6 Å². The van der Waals surface area contributed by atoms with Gasteiger partial charge < -0.3 is 14.2 Å². The maximum Gasteiger partial charge on any atom is 0.306 e. The standard InChI is InChI=1S/C69H130O6/c1-4-7-10-13-16-19-22-24-26-28-30-31-32-33-34-35-36-37-39-40-42-44-47-50-53-56-59-62-68(71)74-65-66(64-73-67(70)61-58-55-52-49-46-21-18-15-12-9-6-3)75-69(72)63-60-57-54-51-48-45-43-41-38-29-27-25-23-20-17-14-11-8-5-2/h17,20,25,27,66H,4-16,18-19,21-24,26,28-65H2,1-3H3/b20-17-,27-25-. The molecule has 0 aliphatic heterocycles. The first kappa shape index (κ1) is 72.9. The van der Waals surface area contributed by atoms with Crippen LogP contribution in [0, 0.1) is 0 Å². The van der Waals surface area contributed by atoms with Crippen LogP contribution < -0.4 is 0 Å². The van der Waals surface area contributed by atoms with E-state index in [0.717, 1.165) is 64.2 Å². The van der Waals surface area contributed by atoms with Gasteiger partial charge in [-0.2, -0.15) is 0 Å². The fraction of sp³-hybridized carbons (Fsp3) is 0.899. The normalized spacial score (nSPS) is 12.1. The van der Waals surface area contributed by atoms with Gasteiger partial charge in [-0.05, 0) is 51.4 Å². The number of unbranched alkanes of at least 4 members (excludes halogenated alkanes) is 48. The Kier molecular flexibility index (Phi) is 62.6. The molecule has 0 saturated carbocycles. The van der Waals surface area contributed by atoms with Gasteiger partial charge >= 0.3 is 17.9 Å². The third kappa shape index (κ3) is 62.6. The van der Waals surface area contributed by atoms with Crippen molar-refractivity contribution in [1.82, 2.24) is 0 Å². The van der Waals surface area contributed by atoms with Crippen LogP contribution >= 0.6 is 0 Å². The molecule has 0 radical (unpaired) electrons. The second-order valence-electron chi connectivity index (χ2n) is 23.1. The molecule has 0 bridgehead atoms. The van der Waals surface area contributed by atoms with Gasteiger partial charge in [0, 0.05) is 19.3 Å². The van der Waals surface area contributed by atoms with Gasteiger partial charge in [-0.1, -0.05) is 334 Å². The van der Waals surface area contributed by atoms with Crippen molar-refractivity contribution < 1.29 is 28.6 Å². The zero-order valence-corrected chi connectivity index (χ0v) is 50.8. The van der Waals surface area contributed by atoms with Crippen LogP contribution in [0.25, 0.3) is 0 Å². The summed E-state index contributed by atoms with van der Waals surface area (Å²) in [7, 11) is 0. The van der Waals surface area contributed by atoms with Gasteiger partial charge in [-0.25, -0.2) is 0 Å². The highest BCUT2D eigenvalue weighted by molar-refractivity contribution is 5.71. The number of ether oxygens (including phenoxy) is 3. The molecule has 0 heterocycles. The van der Waals surface area contributed by atoms with Crippen LogP contribution in [0.3, 0.4) is 0 Å². The third-order valence-electron chi connectivity index (χ3n) is 15.5. The summed E-state index contributed by atoms with van der Waals surface area (Å²) in [5.41, 5.74) is 0. The van der Waals surface area contributed by atoms with Crippen molar-refractivity contribution in [1.29, 1.82) is 0 Å². The molecule has 0 fully saturated rings. The molecule has 0 aromatic carbocycles. The van der Waals surface area contributed by atoms with Crippen molar-refractivity contribution in [3.05, 3.63) is 24.3 Å². The topological polar surface area (TPSA) is 78.9 Å². The molecule has 0 spiro atoms. The van der Waals surface area contributed by atoms with Gasteiger partial charge in [0.25, 0.3) is 0 Å². The first-order valence-electron chi connectivity index (χ1n) is 33.8. The average molecular weight is 1060 g/mol. The van der Waals surface area contributed by atoms with E-state index in [4.69, 9.17) is 14.2 Å². The summed E-state index contributed by atoms with van der Waals surface area (Å²) in [4.78, 5) is 38.3. The minimum atomic E-state index is -0.769. The Morgan fingerprint density at radius 3 is 0.760 bits per heavy atom. The second kappa shape index (κ2) is 64.4. The summed E-state index contributed by atoms with van der Waals surface area (Å²) in [6.45, 7) is 6.68. The van der Waals surface area contributed by atoms with Gasteiger partial charge in [-0.15, -0.1) is 0 Å². The number of esters is 3. The lowest BCUT2D eigenvalue weighted by Crippen LogP contribution is -2.30. The van der Waals surface area contributed by atoms with Crippen molar-refractivity contribution in [3.63, 3.8) is 0 Å². The smallest absolute Gasteiger partial charge is 0.306 e. The summed E-state index contributed by atoms with van der Waals surface area (Å²) in [5, 5.41) is 0. The van der Waals surface area contributed by atoms with Crippen molar-refractivity contribution in [2.45, 2.75) is 386 Å². The molecule has 0 N–H and O–H groups in total. The molecule has 442 valence electrons. The number of allylic oxidation sites excluding steroid dienone is 4. The molecule has 0 aromatic rings. The Morgan fingerprint density at radius 1 is 0.267 bits per heavy atom. The van der Waals surface area contributed by atoms with E-state index in [-0.39, 0.29) is 31.1 Å². The predicted octanol–water partition coefficient (Wildman–Crippen LogP) is 23.0. The molecule has 1 atom stereocenters. The highest BCUT2D eigenvalue weighted by Crippen LogP contribution is 2.18. The van der Waals surface area contributed by atoms with E-state index in [1.165, 1.54) is 276 Å². The fourth-order valence-corrected chi connectivity index (χ4v) is 10.4. The van der Waals surface area contributed by atoms with E-state index in [1.54, 1.807) is 0 Å². The number of hydrogen-bond acceptors (Lipinski definition) is 6. The summed E-state index contributed by atoms with van der Waals surface area (Å²) < 4.78 is 16.9. The minimum Gasteiger partial charge on any atom is -0.462 e. The first-order valence-corrected chi connectivity index (χ1v) is 33.8. The van der Waals surface area contributed by atoms with Crippen LogP contribution in [0.2, 0.25) is 0 Å². The van der Waals surface area contributed by atoms with Crippen molar-refractivity contribution in [2.75, 3.05) is 13.2 Å². The zero-order valence-electron chi connectivity index (χ0n) is 50.8. The minimum absolute atomic E-state index is 0.0668. The Morgan fingerprint density at radius 2 is 0.480 bits per heavy atom. The van der Waals surface area contributed by atoms with Gasteiger partial charge in [0.1, 0.15) is 13.2 Å². The molecule has 6 nitrogen and oxygen atoms in total. The quantitative estimate of drug-likeness (QED) is 0.0261. The molecule has 6 heteroatoms. The Labute approximate surface area is 468 Å². The Bertz CT molecular complexity index is 1210. The third-order valence-corrected chi connectivity index (χ3v) is 15.5. The molecule has 75 heavy (non-hydrogen) atoms. The molecular weight excluding hydrogens is 925 g/mol. The van der Waals surface area contributed by atoms with Crippen molar-refractivity contribution in [3.8, 4) is 0 Å². The SMILES string of the molecule is CCCCC/C=C\C/C=C\CCCCCCCCCCCC(=O)OC(COC(=O)CCCCCCCCCCCCC)COC(=O)CCCCCCCCCCCCCCCCCCCCCCCCCCCCC. The molecule has 0 aliphatic rings. The van der Waals surface area contributed by atoms with Gasteiger partial charge in [-0.3, -0.25) is 14.4 Å². The van der Waals surface area contributed by atoms with E-state index in [1.807, 2.05) is 0 Å². The van der Waals surface area contributed by atoms with E-state index in [9.17, 15) is 14.4 Å². The largest absolute Gasteiger partial charge is 0.462 e. The van der Waals surface area contributed by atoms with Crippen molar-refractivity contribution in [2.24, 2.45) is 0 Å². The summed E-state index contributed by atoms with van der Waals surface area (Å²) in [5.74, 6) is -0.844. The average Bonchev–Trinajstić information content (AvgIpc) is 3.41.